The van der Waals surface area contributed by atoms with Gasteiger partial charge in [0.15, 0.2) is 16.6 Å². The smallest absolute Gasteiger partial charge is 0.306 e. The van der Waals surface area contributed by atoms with Gasteiger partial charge >= 0.3 is 11.9 Å². The molecule has 0 radical (unpaired) electrons. The van der Waals surface area contributed by atoms with Crippen molar-refractivity contribution in [3.05, 3.63) is 0 Å². The number of ether oxygens (including phenoxy) is 2. The van der Waals surface area contributed by atoms with E-state index in [2.05, 4.69) is 100 Å². The van der Waals surface area contributed by atoms with Crippen LogP contribution in [0.2, 0.25) is 36.3 Å². The van der Waals surface area contributed by atoms with Crippen molar-refractivity contribution >= 4 is 28.6 Å². The molecule has 0 aromatic heterocycles. The van der Waals surface area contributed by atoms with Gasteiger partial charge in [-0.2, -0.15) is 0 Å². The standard InChI is InChI=1S/C53H109NO7Si2/c1-15-19-21-23-25-29-36-46(17-3)58-50(56)40-33-27-31-38-48(60-62(11,12)52(5,6)7)44-54(42-35-43-55)45-49(61-63(13,14)53(8,9)10)39-32-28-34-41-51(57)59-47(18-4)37-30-26-24-22-20-16-2/h46-49,55H,15-45H2,1-14H3. The fourth-order valence-corrected chi connectivity index (χ4v) is 10.6. The highest BCUT2D eigenvalue weighted by Gasteiger charge is 2.41. The summed E-state index contributed by atoms with van der Waals surface area (Å²) in [4.78, 5) is 28.2. The maximum Gasteiger partial charge on any atom is 0.306 e. The number of unbranched alkanes of at least 4 members (excludes halogenated alkanes) is 14. The van der Waals surface area contributed by atoms with Crippen molar-refractivity contribution in [1.82, 2.24) is 4.90 Å². The van der Waals surface area contributed by atoms with Crippen LogP contribution in [0.4, 0.5) is 0 Å². The summed E-state index contributed by atoms with van der Waals surface area (Å²) in [6.07, 6.45) is 28.2. The highest BCUT2D eigenvalue weighted by atomic mass is 28.4. The Balaban J connectivity index is 5.61. The van der Waals surface area contributed by atoms with E-state index in [9.17, 15) is 14.7 Å². The van der Waals surface area contributed by atoms with Crippen LogP contribution in [-0.4, -0.2) is 89.2 Å². The third-order valence-corrected chi connectivity index (χ3v) is 23.2. The van der Waals surface area contributed by atoms with Crippen molar-refractivity contribution in [3.63, 3.8) is 0 Å². The van der Waals surface area contributed by atoms with Crippen LogP contribution in [0.5, 0.6) is 0 Å². The van der Waals surface area contributed by atoms with E-state index in [0.29, 0.717) is 19.3 Å². The minimum atomic E-state index is -2.08. The third kappa shape index (κ3) is 31.0. The van der Waals surface area contributed by atoms with Crippen molar-refractivity contribution in [1.29, 1.82) is 0 Å². The van der Waals surface area contributed by atoms with Crippen molar-refractivity contribution < 1.29 is 33.0 Å². The molecule has 4 unspecified atom stereocenters. The van der Waals surface area contributed by atoms with Crippen LogP contribution < -0.4 is 0 Å². The number of aliphatic hydroxyl groups is 1. The quantitative estimate of drug-likeness (QED) is 0.0368. The molecule has 376 valence electrons. The molecule has 0 fully saturated rings. The highest BCUT2D eigenvalue weighted by Crippen LogP contribution is 2.39. The zero-order chi connectivity index (χ0) is 47.8. The van der Waals surface area contributed by atoms with E-state index in [1.807, 2.05) is 0 Å². The van der Waals surface area contributed by atoms with Crippen molar-refractivity contribution in [2.24, 2.45) is 0 Å². The van der Waals surface area contributed by atoms with Gasteiger partial charge in [-0.15, -0.1) is 0 Å². The summed E-state index contributed by atoms with van der Waals surface area (Å²) in [6.45, 7) is 34.5. The van der Waals surface area contributed by atoms with Gasteiger partial charge in [0, 0.05) is 39.1 Å². The molecule has 0 aromatic rings. The molecule has 0 saturated carbocycles. The number of nitrogens with zero attached hydrogens (tertiary/aromatic N) is 1. The Morgan fingerprint density at radius 1 is 0.476 bits per heavy atom. The molecule has 4 atom stereocenters. The molecule has 0 aliphatic heterocycles. The van der Waals surface area contributed by atoms with E-state index >= 15 is 0 Å². The van der Waals surface area contributed by atoms with Crippen LogP contribution in [0.15, 0.2) is 0 Å². The largest absolute Gasteiger partial charge is 0.462 e. The first kappa shape index (κ1) is 62.2. The molecule has 1 N–H and O–H groups in total. The van der Waals surface area contributed by atoms with Gasteiger partial charge in [0.1, 0.15) is 12.2 Å². The molecule has 0 aromatic carbocycles. The van der Waals surface area contributed by atoms with E-state index in [-0.39, 0.29) is 53.0 Å². The van der Waals surface area contributed by atoms with Gasteiger partial charge in [0.2, 0.25) is 0 Å². The fourth-order valence-electron chi connectivity index (χ4n) is 7.81. The van der Waals surface area contributed by atoms with E-state index < -0.39 is 16.6 Å². The molecule has 10 heteroatoms. The summed E-state index contributed by atoms with van der Waals surface area (Å²) in [7, 11) is -4.16. The molecule has 0 heterocycles. The normalized spacial score (nSPS) is 14.8. The monoisotopic (exact) mass is 928 g/mol. The molecule has 0 aliphatic rings. The first-order valence-electron chi connectivity index (χ1n) is 26.7. The molecule has 0 spiro atoms. The van der Waals surface area contributed by atoms with Crippen LogP contribution >= 0.6 is 0 Å². The van der Waals surface area contributed by atoms with E-state index in [1.54, 1.807) is 0 Å². The Labute approximate surface area is 394 Å². The molecule has 8 nitrogen and oxygen atoms in total. The van der Waals surface area contributed by atoms with Gasteiger partial charge in [-0.05, 0) is 107 Å². The summed E-state index contributed by atoms with van der Waals surface area (Å²) >= 11 is 0. The first-order valence-corrected chi connectivity index (χ1v) is 32.6. The van der Waals surface area contributed by atoms with Crippen LogP contribution in [-0.2, 0) is 27.9 Å². The van der Waals surface area contributed by atoms with Gasteiger partial charge in [-0.1, -0.05) is 159 Å². The highest BCUT2D eigenvalue weighted by molar-refractivity contribution is 6.74. The van der Waals surface area contributed by atoms with E-state index in [1.165, 1.54) is 64.2 Å². The van der Waals surface area contributed by atoms with Gasteiger partial charge in [0.05, 0.1) is 12.2 Å². The number of aliphatic hydroxyl groups excluding tert-OH is 1. The van der Waals surface area contributed by atoms with Crippen LogP contribution in [0.1, 0.15) is 243 Å². The van der Waals surface area contributed by atoms with Crippen LogP contribution in [0, 0.1) is 0 Å². The Morgan fingerprint density at radius 3 is 1.11 bits per heavy atom. The number of carbonyl (C=O) groups excluding carboxylic acids is 2. The summed E-state index contributed by atoms with van der Waals surface area (Å²) < 4.78 is 26.2. The Bertz CT molecular complexity index is 1040. The van der Waals surface area contributed by atoms with Gasteiger partial charge in [0.25, 0.3) is 0 Å². The third-order valence-electron chi connectivity index (χ3n) is 14.2. The summed E-state index contributed by atoms with van der Waals surface area (Å²) in [6, 6.07) is 0. The lowest BCUT2D eigenvalue weighted by molar-refractivity contribution is -0.150. The van der Waals surface area contributed by atoms with Crippen molar-refractivity contribution in [2.75, 3.05) is 26.2 Å². The molecule has 0 amide bonds. The second-order valence-electron chi connectivity index (χ2n) is 22.2. The van der Waals surface area contributed by atoms with Crippen molar-refractivity contribution in [2.45, 2.75) is 303 Å². The zero-order valence-electron chi connectivity index (χ0n) is 44.6. The molecule has 0 aliphatic carbocycles. The van der Waals surface area contributed by atoms with Crippen molar-refractivity contribution in [3.8, 4) is 0 Å². The molecule has 0 saturated heterocycles. The summed E-state index contributed by atoms with van der Waals surface area (Å²) in [5, 5.41) is 10.2. The molecule has 0 bridgehead atoms. The second-order valence-corrected chi connectivity index (χ2v) is 31.7. The first-order chi connectivity index (χ1) is 29.7. The maximum atomic E-state index is 12.8. The Kier molecular flexibility index (Phi) is 34.9. The number of hydrogen-bond donors (Lipinski definition) is 1. The Hall–Kier alpha value is -0.786. The summed E-state index contributed by atoms with van der Waals surface area (Å²) in [5.41, 5.74) is 0. The molecular weight excluding hydrogens is 819 g/mol. The summed E-state index contributed by atoms with van der Waals surface area (Å²) in [5.74, 6) is -0.0950. The second kappa shape index (κ2) is 35.4. The average molecular weight is 929 g/mol. The minimum absolute atomic E-state index is 0.0437. The lowest BCUT2D eigenvalue weighted by Crippen LogP contribution is -2.50. The SMILES string of the molecule is CCCCCCCCC(CC)OC(=O)CCCCCC(CN(CCCO)CC(CCCCCC(=O)OC(CC)CCCCCCCC)O[Si](C)(C)C(C)(C)C)O[Si](C)(C)C(C)(C)C. The predicted octanol–water partition coefficient (Wildman–Crippen LogP) is 15.5. The number of hydrogen-bond acceptors (Lipinski definition) is 8. The number of esters is 2. The number of rotatable bonds is 41. The lowest BCUT2D eigenvalue weighted by Gasteiger charge is -2.42. The molecule has 63 heavy (non-hydrogen) atoms. The van der Waals surface area contributed by atoms with E-state index in [0.717, 1.165) is 110 Å². The van der Waals surface area contributed by atoms with Gasteiger partial charge in [-0.3, -0.25) is 14.5 Å². The topological polar surface area (TPSA) is 94.5 Å². The van der Waals surface area contributed by atoms with Crippen LogP contribution in [0.3, 0.4) is 0 Å². The molecule has 0 rings (SSSR count). The van der Waals surface area contributed by atoms with Gasteiger partial charge < -0.3 is 23.4 Å². The maximum absolute atomic E-state index is 12.8. The fraction of sp³-hybridized carbons (Fsp3) is 0.962. The average Bonchev–Trinajstić information content (AvgIpc) is 3.19. The van der Waals surface area contributed by atoms with E-state index in [4.69, 9.17) is 18.3 Å². The van der Waals surface area contributed by atoms with Gasteiger partial charge in [-0.25, -0.2) is 0 Å². The number of carbonyl (C=O) groups is 2. The molecular formula is C53H109NO7Si2. The predicted molar refractivity (Wildman–Crippen MR) is 275 cm³/mol. The zero-order valence-corrected chi connectivity index (χ0v) is 46.6. The van der Waals surface area contributed by atoms with Crippen LogP contribution in [0.25, 0.3) is 0 Å². The minimum Gasteiger partial charge on any atom is -0.462 e. The Morgan fingerprint density at radius 2 is 0.794 bits per heavy atom. The lowest BCUT2D eigenvalue weighted by atomic mass is 10.1.